The topological polar surface area (TPSA) is 72.6 Å². The Balaban J connectivity index is 2.00. The Morgan fingerprint density at radius 3 is 2.94 bits per heavy atom. The van der Waals surface area contributed by atoms with Crippen molar-refractivity contribution in [1.82, 2.24) is 5.16 Å². The van der Waals surface area contributed by atoms with Crippen molar-refractivity contribution in [1.29, 1.82) is 0 Å². The Bertz CT molecular complexity index is 538. The zero-order chi connectivity index (χ0) is 12.3. The van der Waals surface area contributed by atoms with Gasteiger partial charge in [-0.15, -0.1) is 0 Å². The van der Waals surface area contributed by atoms with Crippen LogP contribution < -0.4 is 4.74 Å². The molecule has 2 rings (SSSR count). The number of carbonyl (C=O) groups is 1. The number of benzene rings is 1. The zero-order valence-corrected chi connectivity index (χ0v) is 9.35. The number of hydrogen-bond donors (Lipinski definition) is 1. The van der Waals surface area contributed by atoms with E-state index in [2.05, 4.69) is 9.68 Å². The van der Waals surface area contributed by atoms with Gasteiger partial charge < -0.3 is 14.4 Å². The second kappa shape index (κ2) is 4.88. The number of halogens is 1. The van der Waals surface area contributed by atoms with Crippen LogP contribution in [0.25, 0.3) is 0 Å². The van der Waals surface area contributed by atoms with Crippen molar-refractivity contribution in [2.45, 2.75) is 6.61 Å². The first-order chi connectivity index (χ1) is 8.15. The summed E-state index contributed by atoms with van der Waals surface area (Å²) < 4.78 is 9.95. The second-order valence-electron chi connectivity index (χ2n) is 3.23. The van der Waals surface area contributed by atoms with Gasteiger partial charge in [-0.3, -0.25) is 0 Å². The Morgan fingerprint density at radius 1 is 1.47 bits per heavy atom. The van der Waals surface area contributed by atoms with Crippen LogP contribution in [0.5, 0.6) is 5.75 Å². The molecule has 0 radical (unpaired) electrons. The summed E-state index contributed by atoms with van der Waals surface area (Å²) in [6.45, 7) is 0.122. The molecule has 2 aromatic rings. The predicted molar refractivity (Wildman–Crippen MR) is 59.2 cm³/mol. The molecule has 1 N–H and O–H groups in total. The maximum Gasteiger partial charge on any atom is 0.374 e. The summed E-state index contributed by atoms with van der Waals surface area (Å²) in [7, 11) is 0. The van der Waals surface area contributed by atoms with Gasteiger partial charge >= 0.3 is 5.97 Å². The Labute approximate surface area is 102 Å². The van der Waals surface area contributed by atoms with E-state index >= 15 is 0 Å². The van der Waals surface area contributed by atoms with Gasteiger partial charge in [0.1, 0.15) is 18.1 Å². The molecule has 1 aromatic carbocycles. The molecule has 0 aliphatic rings. The van der Waals surface area contributed by atoms with Crippen molar-refractivity contribution in [3.63, 3.8) is 0 Å². The lowest BCUT2D eigenvalue weighted by atomic mass is 10.3. The summed E-state index contributed by atoms with van der Waals surface area (Å²) >= 11 is 5.78. The van der Waals surface area contributed by atoms with Crippen LogP contribution in [0.1, 0.15) is 16.2 Å². The molecule has 0 fully saturated rings. The van der Waals surface area contributed by atoms with Gasteiger partial charge in [0.2, 0.25) is 5.76 Å². The summed E-state index contributed by atoms with van der Waals surface area (Å²) in [5.74, 6) is -0.793. The molecule has 0 aliphatic heterocycles. The van der Waals surface area contributed by atoms with E-state index in [1.165, 1.54) is 6.07 Å². The first-order valence-corrected chi connectivity index (χ1v) is 5.10. The van der Waals surface area contributed by atoms with Crippen molar-refractivity contribution in [2.75, 3.05) is 0 Å². The molecule has 88 valence electrons. The highest BCUT2D eigenvalue weighted by Gasteiger charge is 2.11. The van der Waals surface area contributed by atoms with Crippen molar-refractivity contribution < 1.29 is 19.2 Å². The smallest absolute Gasteiger partial charge is 0.374 e. The van der Waals surface area contributed by atoms with Crippen molar-refractivity contribution in [3.05, 3.63) is 46.8 Å². The molecule has 5 nitrogen and oxygen atoms in total. The fourth-order valence-electron chi connectivity index (χ4n) is 1.19. The quantitative estimate of drug-likeness (QED) is 0.907. The fraction of sp³-hybridized carbons (Fsp3) is 0.0909. The van der Waals surface area contributed by atoms with E-state index in [4.69, 9.17) is 21.4 Å². The molecule has 0 spiro atoms. The molecular weight excluding hydrogens is 246 g/mol. The van der Waals surface area contributed by atoms with Gasteiger partial charge in [-0.1, -0.05) is 22.8 Å². The second-order valence-corrected chi connectivity index (χ2v) is 3.67. The Hall–Kier alpha value is -2.01. The minimum absolute atomic E-state index is 0.122. The first-order valence-electron chi connectivity index (χ1n) is 4.72. The SMILES string of the molecule is O=C(O)c1cc(COc2cccc(Cl)c2)no1. The van der Waals surface area contributed by atoms with Crippen molar-refractivity contribution >= 4 is 17.6 Å². The van der Waals surface area contributed by atoms with Crippen LogP contribution in [-0.4, -0.2) is 16.2 Å². The lowest BCUT2D eigenvalue weighted by Crippen LogP contribution is -1.95. The van der Waals surface area contributed by atoms with Crippen LogP contribution in [0.4, 0.5) is 0 Å². The van der Waals surface area contributed by atoms with E-state index in [0.717, 1.165) is 0 Å². The minimum atomic E-state index is -1.16. The zero-order valence-electron chi connectivity index (χ0n) is 8.59. The number of aromatic nitrogens is 1. The predicted octanol–water partition coefficient (Wildman–Crippen LogP) is 2.61. The number of hydrogen-bond acceptors (Lipinski definition) is 4. The van der Waals surface area contributed by atoms with Gasteiger partial charge in [0.05, 0.1) is 0 Å². The Morgan fingerprint density at radius 2 is 2.29 bits per heavy atom. The number of carboxylic acid groups (broad SMARTS) is 1. The van der Waals surface area contributed by atoms with Crippen LogP contribution in [0.2, 0.25) is 5.02 Å². The number of nitrogens with zero attached hydrogens (tertiary/aromatic N) is 1. The van der Waals surface area contributed by atoms with Gasteiger partial charge in [-0.05, 0) is 18.2 Å². The number of rotatable bonds is 4. The van der Waals surface area contributed by atoms with Crippen LogP contribution in [0, 0.1) is 0 Å². The van der Waals surface area contributed by atoms with E-state index in [9.17, 15) is 4.79 Å². The molecule has 0 atom stereocenters. The molecular formula is C11H8ClNO4. The van der Waals surface area contributed by atoms with E-state index in [1.54, 1.807) is 24.3 Å². The average Bonchev–Trinajstić information content (AvgIpc) is 2.75. The van der Waals surface area contributed by atoms with Crippen LogP contribution in [-0.2, 0) is 6.61 Å². The van der Waals surface area contributed by atoms with Gasteiger partial charge in [0.25, 0.3) is 0 Å². The molecule has 0 saturated carbocycles. The maximum atomic E-state index is 10.5. The first kappa shape index (κ1) is 11.5. The summed E-state index contributed by atoms with van der Waals surface area (Å²) in [5.41, 5.74) is 0.405. The summed E-state index contributed by atoms with van der Waals surface area (Å²) in [6, 6.07) is 8.19. The van der Waals surface area contributed by atoms with Gasteiger partial charge in [0.15, 0.2) is 0 Å². The molecule has 1 aromatic heterocycles. The normalized spacial score (nSPS) is 10.2. The van der Waals surface area contributed by atoms with E-state index < -0.39 is 5.97 Å². The number of aromatic carboxylic acids is 1. The summed E-state index contributed by atoms with van der Waals surface area (Å²) in [4.78, 5) is 10.5. The molecule has 0 amide bonds. The standard InChI is InChI=1S/C11H8ClNO4/c12-7-2-1-3-9(4-7)16-6-8-5-10(11(14)15)17-13-8/h1-5H,6H2,(H,14,15). The molecule has 0 aliphatic carbocycles. The van der Waals surface area contributed by atoms with E-state index in [1.807, 2.05) is 0 Å². The molecule has 0 saturated heterocycles. The highest BCUT2D eigenvalue weighted by atomic mass is 35.5. The van der Waals surface area contributed by atoms with E-state index in [-0.39, 0.29) is 12.4 Å². The van der Waals surface area contributed by atoms with Crippen molar-refractivity contribution in [2.24, 2.45) is 0 Å². The van der Waals surface area contributed by atoms with Crippen molar-refractivity contribution in [3.8, 4) is 5.75 Å². The third kappa shape index (κ3) is 2.98. The van der Waals surface area contributed by atoms with E-state index in [0.29, 0.717) is 16.5 Å². The minimum Gasteiger partial charge on any atom is -0.487 e. The molecule has 0 bridgehead atoms. The molecule has 0 unspecified atom stereocenters. The van der Waals surface area contributed by atoms with Gasteiger partial charge in [-0.25, -0.2) is 4.79 Å². The monoisotopic (exact) mass is 253 g/mol. The van der Waals surface area contributed by atoms with Crippen LogP contribution in [0.3, 0.4) is 0 Å². The van der Waals surface area contributed by atoms with Crippen LogP contribution in [0.15, 0.2) is 34.9 Å². The number of ether oxygens (including phenoxy) is 1. The summed E-state index contributed by atoms with van der Waals surface area (Å²) in [5, 5.41) is 12.8. The lowest BCUT2D eigenvalue weighted by Gasteiger charge is -2.03. The molecule has 17 heavy (non-hydrogen) atoms. The van der Waals surface area contributed by atoms with Gasteiger partial charge in [0, 0.05) is 11.1 Å². The lowest BCUT2D eigenvalue weighted by molar-refractivity contribution is 0.0651. The highest BCUT2D eigenvalue weighted by molar-refractivity contribution is 6.30. The third-order valence-electron chi connectivity index (χ3n) is 1.95. The number of carboxylic acids is 1. The summed E-state index contributed by atoms with van der Waals surface area (Å²) in [6.07, 6.45) is 0. The largest absolute Gasteiger partial charge is 0.487 e. The molecule has 6 heteroatoms. The van der Waals surface area contributed by atoms with Crippen LogP contribution >= 0.6 is 11.6 Å². The Kier molecular flexibility index (Phi) is 3.30. The maximum absolute atomic E-state index is 10.5. The molecule has 1 heterocycles. The van der Waals surface area contributed by atoms with Gasteiger partial charge in [-0.2, -0.15) is 0 Å². The average molecular weight is 254 g/mol. The fourth-order valence-corrected chi connectivity index (χ4v) is 1.37. The third-order valence-corrected chi connectivity index (χ3v) is 2.19. The highest BCUT2D eigenvalue weighted by Crippen LogP contribution is 2.18.